The van der Waals surface area contributed by atoms with Crippen LogP contribution in [0.4, 0.5) is 5.82 Å². The highest BCUT2D eigenvalue weighted by Gasteiger charge is 2.21. The number of anilines is 1. The van der Waals surface area contributed by atoms with E-state index in [1.54, 1.807) is 7.11 Å². The first kappa shape index (κ1) is 16.5. The summed E-state index contributed by atoms with van der Waals surface area (Å²) in [5, 5.41) is 4.21. The van der Waals surface area contributed by atoms with E-state index in [2.05, 4.69) is 24.1 Å². The lowest BCUT2D eigenvalue weighted by molar-refractivity contribution is 0.204. The van der Waals surface area contributed by atoms with Crippen LogP contribution in [0.2, 0.25) is 5.02 Å². The molecule has 118 valence electrons. The third kappa shape index (κ3) is 5.46. The normalized spacial score (nSPS) is 14.7. The van der Waals surface area contributed by atoms with Crippen molar-refractivity contribution in [2.24, 2.45) is 5.92 Å². The van der Waals surface area contributed by atoms with Crippen LogP contribution in [-0.4, -0.2) is 37.8 Å². The molecule has 1 aromatic heterocycles. The fourth-order valence-electron chi connectivity index (χ4n) is 2.24. The molecule has 4 nitrogen and oxygen atoms in total. The van der Waals surface area contributed by atoms with Gasteiger partial charge in [0.05, 0.1) is 17.3 Å². The summed E-state index contributed by atoms with van der Waals surface area (Å²) in [4.78, 5) is 7.02. The van der Waals surface area contributed by atoms with E-state index in [0.29, 0.717) is 18.6 Å². The van der Waals surface area contributed by atoms with Crippen LogP contribution in [0.3, 0.4) is 0 Å². The lowest BCUT2D eigenvalue weighted by Crippen LogP contribution is -2.32. The van der Waals surface area contributed by atoms with Crippen LogP contribution < -0.4 is 10.2 Å². The Balaban J connectivity index is 2.08. The summed E-state index contributed by atoms with van der Waals surface area (Å²) in [6.45, 7) is 7.69. The van der Waals surface area contributed by atoms with Gasteiger partial charge >= 0.3 is 0 Å². The second-order valence-electron chi connectivity index (χ2n) is 6.09. The Morgan fingerprint density at radius 2 is 2.19 bits per heavy atom. The van der Waals surface area contributed by atoms with Crippen molar-refractivity contribution in [2.75, 3.05) is 31.7 Å². The molecule has 0 amide bonds. The molecule has 1 saturated carbocycles. The Labute approximate surface area is 132 Å². The zero-order valence-electron chi connectivity index (χ0n) is 13.2. The third-order valence-corrected chi connectivity index (χ3v) is 3.86. The lowest BCUT2D eigenvalue weighted by atomic mass is 10.2. The van der Waals surface area contributed by atoms with Crippen molar-refractivity contribution in [3.63, 3.8) is 0 Å². The van der Waals surface area contributed by atoms with Gasteiger partial charge in [-0.15, -0.1) is 0 Å². The number of aromatic nitrogens is 1. The average molecular weight is 312 g/mol. The number of rotatable bonds is 9. The van der Waals surface area contributed by atoms with E-state index in [9.17, 15) is 0 Å². The summed E-state index contributed by atoms with van der Waals surface area (Å²) >= 11 is 6.27. The van der Waals surface area contributed by atoms with Gasteiger partial charge in [0.2, 0.25) is 0 Å². The highest BCUT2D eigenvalue weighted by Crippen LogP contribution is 2.23. The minimum Gasteiger partial charge on any atom is -0.383 e. The number of hydrogen-bond acceptors (Lipinski definition) is 4. The predicted molar refractivity (Wildman–Crippen MR) is 88.0 cm³/mol. The Morgan fingerprint density at radius 1 is 1.43 bits per heavy atom. The summed E-state index contributed by atoms with van der Waals surface area (Å²) < 4.78 is 5.21. The fourth-order valence-corrected chi connectivity index (χ4v) is 2.42. The first-order valence-corrected chi connectivity index (χ1v) is 8.10. The SMILES string of the molecule is COCCN(CC(C)C)c1ccc(Cl)c(CNC2CC2)n1. The molecule has 1 heterocycles. The lowest BCUT2D eigenvalue weighted by Gasteiger charge is -2.26. The van der Waals surface area contributed by atoms with Crippen molar-refractivity contribution in [3.8, 4) is 0 Å². The minimum absolute atomic E-state index is 0.576. The quantitative estimate of drug-likeness (QED) is 0.760. The molecule has 1 aliphatic carbocycles. The topological polar surface area (TPSA) is 37.4 Å². The molecule has 1 N–H and O–H groups in total. The second kappa shape index (κ2) is 7.97. The highest BCUT2D eigenvalue weighted by molar-refractivity contribution is 6.31. The highest BCUT2D eigenvalue weighted by atomic mass is 35.5. The van der Waals surface area contributed by atoms with Gasteiger partial charge in [-0.3, -0.25) is 0 Å². The van der Waals surface area contributed by atoms with Crippen LogP contribution in [-0.2, 0) is 11.3 Å². The van der Waals surface area contributed by atoms with Gasteiger partial charge < -0.3 is 15.0 Å². The van der Waals surface area contributed by atoms with Gasteiger partial charge in [0.15, 0.2) is 0 Å². The fraction of sp³-hybridized carbons (Fsp3) is 0.688. The van der Waals surface area contributed by atoms with Crippen molar-refractivity contribution in [2.45, 2.75) is 39.3 Å². The van der Waals surface area contributed by atoms with Crippen LogP contribution in [0.25, 0.3) is 0 Å². The van der Waals surface area contributed by atoms with Gasteiger partial charge in [-0.25, -0.2) is 4.98 Å². The second-order valence-corrected chi connectivity index (χ2v) is 6.49. The van der Waals surface area contributed by atoms with Gasteiger partial charge in [0.1, 0.15) is 5.82 Å². The van der Waals surface area contributed by atoms with Gasteiger partial charge in [0.25, 0.3) is 0 Å². The number of nitrogens with one attached hydrogen (secondary N) is 1. The van der Waals surface area contributed by atoms with Crippen LogP contribution >= 0.6 is 11.6 Å². The average Bonchev–Trinajstić information content (AvgIpc) is 3.26. The van der Waals surface area contributed by atoms with E-state index in [1.165, 1.54) is 12.8 Å². The maximum atomic E-state index is 6.27. The van der Waals surface area contributed by atoms with Crippen molar-refractivity contribution in [1.29, 1.82) is 0 Å². The molecular weight excluding hydrogens is 286 g/mol. The number of pyridine rings is 1. The van der Waals surface area contributed by atoms with E-state index in [-0.39, 0.29) is 0 Å². The molecule has 1 aromatic rings. The zero-order chi connectivity index (χ0) is 15.2. The van der Waals surface area contributed by atoms with Gasteiger partial charge in [-0.05, 0) is 30.9 Å². The molecule has 2 rings (SSSR count). The number of ether oxygens (including phenoxy) is 1. The Hall–Kier alpha value is -0.840. The van der Waals surface area contributed by atoms with Crippen molar-refractivity contribution in [1.82, 2.24) is 10.3 Å². The summed E-state index contributed by atoms with van der Waals surface area (Å²) in [5.74, 6) is 1.56. The molecule has 0 saturated heterocycles. The molecule has 5 heteroatoms. The van der Waals surface area contributed by atoms with Crippen molar-refractivity contribution >= 4 is 17.4 Å². The van der Waals surface area contributed by atoms with E-state index < -0.39 is 0 Å². The monoisotopic (exact) mass is 311 g/mol. The van der Waals surface area contributed by atoms with Crippen LogP contribution in [0.5, 0.6) is 0 Å². The van der Waals surface area contributed by atoms with E-state index >= 15 is 0 Å². The maximum Gasteiger partial charge on any atom is 0.129 e. The van der Waals surface area contributed by atoms with E-state index in [1.807, 2.05) is 12.1 Å². The molecule has 1 fully saturated rings. The summed E-state index contributed by atoms with van der Waals surface area (Å²) in [6, 6.07) is 4.61. The van der Waals surface area contributed by atoms with Crippen molar-refractivity contribution in [3.05, 3.63) is 22.8 Å². The van der Waals surface area contributed by atoms with E-state index in [0.717, 1.165) is 36.2 Å². The molecular formula is C16H26ClN3O. The predicted octanol–water partition coefficient (Wildman–Crippen LogP) is 3.10. The summed E-state index contributed by atoms with van der Waals surface area (Å²) in [7, 11) is 1.73. The Kier molecular flexibility index (Phi) is 6.27. The summed E-state index contributed by atoms with van der Waals surface area (Å²) in [5.41, 5.74) is 0.937. The molecule has 0 atom stereocenters. The summed E-state index contributed by atoms with van der Waals surface area (Å²) in [6.07, 6.45) is 2.54. The molecule has 21 heavy (non-hydrogen) atoms. The van der Waals surface area contributed by atoms with Crippen LogP contribution in [0, 0.1) is 5.92 Å². The molecule has 0 bridgehead atoms. The first-order chi connectivity index (χ1) is 10.1. The van der Waals surface area contributed by atoms with Gasteiger partial charge in [-0.1, -0.05) is 25.4 Å². The van der Waals surface area contributed by atoms with Gasteiger partial charge in [-0.2, -0.15) is 0 Å². The van der Waals surface area contributed by atoms with E-state index in [4.69, 9.17) is 21.3 Å². The zero-order valence-corrected chi connectivity index (χ0v) is 14.0. The number of nitrogens with zero attached hydrogens (tertiary/aromatic N) is 2. The van der Waals surface area contributed by atoms with Crippen LogP contribution in [0.15, 0.2) is 12.1 Å². The molecule has 0 radical (unpaired) electrons. The number of hydrogen-bond donors (Lipinski definition) is 1. The molecule has 0 spiro atoms. The number of methoxy groups -OCH3 is 1. The minimum atomic E-state index is 0.576. The Bertz CT molecular complexity index is 449. The third-order valence-electron chi connectivity index (χ3n) is 3.51. The maximum absolute atomic E-state index is 6.27. The first-order valence-electron chi connectivity index (χ1n) is 7.73. The molecule has 1 aliphatic rings. The molecule has 0 unspecified atom stereocenters. The van der Waals surface area contributed by atoms with Crippen LogP contribution in [0.1, 0.15) is 32.4 Å². The Morgan fingerprint density at radius 3 is 2.81 bits per heavy atom. The largest absolute Gasteiger partial charge is 0.383 e. The molecule has 0 aliphatic heterocycles. The molecule has 0 aromatic carbocycles. The standard InChI is InChI=1S/C16H26ClN3O/c1-12(2)11-20(8-9-21-3)16-7-6-14(17)15(19-16)10-18-13-4-5-13/h6-7,12-13,18H,4-5,8-11H2,1-3H3. The number of halogens is 1. The van der Waals surface area contributed by atoms with Gasteiger partial charge in [0, 0.05) is 32.8 Å². The smallest absolute Gasteiger partial charge is 0.129 e. The van der Waals surface area contributed by atoms with Crippen molar-refractivity contribution < 1.29 is 4.74 Å².